The molecule has 0 fully saturated rings. The quantitative estimate of drug-likeness (QED) is 0.510. The highest BCUT2D eigenvalue weighted by Gasteiger charge is 2.18. The predicted molar refractivity (Wildman–Crippen MR) is 94.7 cm³/mol. The van der Waals surface area contributed by atoms with Crippen molar-refractivity contribution < 1.29 is 18.7 Å². The lowest BCUT2D eigenvalue weighted by atomic mass is 10.1. The van der Waals surface area contributed by atoms with Crippen molar-refractivity contribution in [1.82, 2.24) is 9.55 Å². The van der Waals surface area contributed by atoms with Gasteiger partial charge in [0.25, 0.3) is 0 Å². The Morgan fingerprint density at radius 3 is 2.65 bits per heavy atom. The molecule has 134 valence electrons. The minimum atomic E-state index is -0.991. The summed E-state index contributed by atoms with van der Waals surface area (Å²) in [7, 11) is 0. The molecule has 0 saturated heterocycles. The maximum Gasteiger partial charge on any atom is 0.514 e. The number of halogens is 2. The fraction of sp³-hybridized carbons (Fsp3) is 0.167. The first kappa shape index (κ1) is 17.9. The zero-order valence-electron chi connectivity index (χ0n) is 14.0. The lowest BCUT2D eigenvalue weighted by molar-refractivity contribution is 0.104. The van der Waals surface area contributed by atoms with Gasteiger partial charge in [-0.05, 0) is 49.7 Å². The SMILES string of the molecule is CCOC(=O)Oc1cn(-c2ccc(F)cc2)c2nc(Cl)cc(C)c2c1=O. The number of aryl methyl sites for hydroxylation is 1. The third-order valence-corrected chi connectivity index (χ3v) is 3.85. The van der Waals surface area contributed by atoms with Crippen molar-refractivity contribution in [2.24, 2.45) is 0 Å². The Kier molecular flexibility index (Phi) is 4.90. The molecule has 26 heavy (non-hydrogen) atoms. The monoisotopic (exact) mass is 376 g/mol. The molecule has 3 aromatic rings. The molecule has 0 bridgehead atoms. The van der Waals surface area contributed by atoms with Crippen molar-refractivity contribution in [3.8, 4) is 11.4 Å². The van der Waals surface area contributed by atoms with Gasteiger partial charge in [-0.3, -0.25) is 9.36 Å². The number of carbonyl (C=O) groups is 1. The van der Waals surface area contributed by atoms with E-state index in [0.717, 1.165) is 0 Å². The second-order valence-electron chi connectivity index (χ2n) is 5.41. The van der Waals surface area contributed by atoms with Crippen LogP contribution < -0.4 is 10.2 Å². The third-order valence-electron chi connectivity index (χ3n) is 3.65. The number of fused-ring (bicyclic) bond motifs is 1. The van der Waals surface area contributed by atoms with E-state index < -0.39 is 17.4 Å². The molecular formula is C18H14ClFN2O4. The second kappa shape index (κ2) is 7.13. The maximum atomic E-state index is 13.3. The van der Waals surface area contributed by atoms with Crippen molar-refractivity contribution in [2.45, 2.75) is 13.8 Å². The number of rotatable bonds is 3. The molecule has 2 heterocycles. The number of pyridine rings is 2. The van der Waals surface area contributed by atoms with Gasteiger partial charge in [-0.25, -0.2) is 14.2 Å². The van der Waals surface area contributed by atoms with Crippen molar-refractivity contribution in [1.29, 1.82) is 0 Å². The topological polar surface area (TPSA) is 70.4 Å². The molecular weight excluding hydrogens is 363 g/mol. The van der Waals surface area contributed by atoms with Crippen LogP contribution in [0, 0.1) is 12.7 Å². The summed E-state index contributed by atoms with van der Waals surface area (Å²) < 4.78 is 24.5. The molecule has 0 atom stereocenters. The molecule has 0 N–H and O–H groups in total. The number of ether oxygens (including phenoxy) is 2. The van der Waals surface area contributed by atoms with Crippen LogP contribution in [0.5, 0.6) is 5.75 Å². The van der Waals surface area contributed by atoms with Gasteiger partial charge in [0, 0.05) is 5.69 Å². The number of benzene rings is 1. The van der Waals surface area contributed by atoms with Crippen molar-refractivity contribution in [3.63, 3.8) is 0 Å². The predicted octanol–water partition coefficient (Wildman–Crippen LogP) is 4.02. The maximum absolute atomic E-state index is 13.3. The largest absolute Gasteiger partial charge is 0.514 e. The third kappa shape index (κ3) is 3.39. The van der Waals surface area contributed by atoms with Crippen LogP contribution in [0.4, 0.5) is 9.18 Å². The summed E-state index contributed by atoms with van der Waals surface area (Å²) in [6, 6.07) is 7.08. The van der Waals surface area contributed by atoms with Gasteiger partial charge in [0.15, 0.2) is 11.4 Å². The van der Waals surface area contributed by atoms with Gasteiger partial charge >= 0.3 is 6.16 Å². The number of carbonyl (C=O) groups excluding carboxylic acids is 1. The average molecular weight is 377 g/mol. The molecule has 0 saturated carbocycles. The Morgan fingerprint density at radius 2 is 2.00 bits per heavy atom. The zero-order chi connectivity index (χ0) is 18.8. The van der Waals surface area contributed by atoms with E-state index in [1.165, 1.54) is 41.1 Å². The highest BCUT2D eigenvalue weighted by Crippen LogP contribution is 2.24. The van der Waals surface area contributed by atoms with Gasteiger partial charge in [-0.1, -0.05) is 11.6 Å². The lowest BCUT2D eigenvalue weighted by Gasteiger charge is -2.14. The Balaban J connectivity index is 2.30. The van der Waals surface area contributed by atoms with E-state index in [1.54, 1.807) is 13.8 Å². The van der Waals surface area contributed by atoms with Crippen LogP contribution in [-0.4, -0.2) is 22.3 Å². The van der Waals surface area contributed by atoms with Crippen LogP contribution in [0.1, 0.15) is 12.5 Å². The molecule has 0 unspecified atom stereocenters. The molecule has 0 aliphatic carbocycles. The molecule has 6 nitrogen and oxygen atoms in total. The number of nitrogens with zero attached hydrogens (tertiary/aromatic N) is 2. The highest BCUT2D eigenvalue weighted by atomic mass is 35.5. The van der Waals surface area contributed by atoms with Crippen LogP contribution in [0.15, 0.2) is 41.3 Å². The summed E-state index contributed by atoms with van der Waals surface area (Å²) >= 11 is 6.03. The second-order valence-corrected chi connectivity index (χ2v) is 5.80. The van der Waals surface area contributed by atoms with Crippen LogP contribution in [0.25, 0.3) is 16.7 Å². The summed E-state index contributed by atoms with van der Waals surface area (Å²) in [6.45, 7) is 3.42. The molecule has 1 aromatic carbocycles. The minimum Gasteiger partial charge on any atom is -0.434 e. The van der Waals surface area contributed by atoms with Gasteiger partial charge in [-0.15, -0.1) is 0 Å². The molecule has 0 spiro atoms. The molecule has 8 heteroatoms. The first-order valence-electron chi connectivity index (χ1n) is 7.73. The van der Waals surface area contributed by atoms with Crippen molar-refractivity contribution in [2.75, 3.05) is 6.61 Å². The molecule has 0 aliphatic heterocycles. The van der Waals surface area contributed by atoms with E-state index >= 15 is 0 Å². The van der Waals surface area contributed by atoms with Crippen LogP contribution >= 0.6 is 11.6 Å². The summed E-state index contributed by atoms with van der Waals surface area (Å²) in [5.74, 6) is -0.642. The molecule has 0 radical (unpaired) electrons. The van der Waals surface area contributed by atoms with Crippen molar-refractivity contribution in [3.05, 3.63) is 63.3 Å². The van der Waals surface area contributed by atoms with Crippen LogP contribution in [0.3, 0.4) is 0 Å². The van der Waals surface area contributed by atoms with Gasteiger partial charge in [0.2, 0.25) is 5.43 Å². The molecule has 0 amide bonds. The Labute approximate surface area is 152 Å². The fourth-order valence-corrected chi connectivity index (χ4v) is 2.78. The number of hydrogen-bond acceptors (Lipinski definition) is 5. The summed E-state index contributed by atoms with van der Waals surface area (Å²) in [5, 5.41) is 0.435. The lowest BCUT2D eigenvalue weighted by Crippen LogP contribution is -2.19. The molecule has 0 aliphatic rings. The zero-order valence-corrected chi connectivity index (χ0v) is 14.7. The molecule has 3 rings (SSSR count). The number of aromatic nitrogens is 2. The van der Waals surface area contributed by atoms with Crippen LogP contribution in [0.2, 0.25) is 5.15 Å². The standard InChI is InChI=1S/C18H14ClFN2O4/c1-3-25-18(24)26-13-9-22(12-6-4-11(20)5-7-12)17-15(16(13)23)10(2)8-14(19)21-17/h4-9H,3H2,1-2H3. The van der Waals surface area contributed by atoms with Gasteiger partial charge in [0.05, 0.1) is 18.2 Å². The smallest absolute Gasteiger partial charge is 0.434 e. The van der Waals surface area contributed by atoms with Gasteiger partial charge in [0.1, 0.15) is 11.0 Å². The van der Waals surface area contributed by atoms with Gasteiger partial charge < -0.3 is 9.47 Å². The average Bonchev–Trinajstić information content (AvgIpc) is 2.58. The van der Waals surface area contributed by atoms with E-state index in [0.29, 0.717) is 11.3 Å². The normalized spacial score (nSPS) is 10.8. The van der Waals surface area contributed by atoms with E-state index in [2.05, 4.69) is 4.98 Å². The van der Waals surface area contributed by atoms with E-state index in [1.807, 2.05) is 0 Å². The van der Waals surface area contributed by atoms with E-state index in [9.17, 15) is 14.0 Å². The first-order valence-corrected chi connectivity index (χ1v) is 8.11. The van der Waals surface area contributed by atoms with Crippen molar-refractivity contribution >= 4 is 28.8 Å². The number of hydrogen-bond donors (Lipinski definition) is 0. The fourth-order valence-electron chi connectivity index (χ4n) is 2.54. The Bertz CT molecular complexity index is 1050. The van der Waals surface area contributed by atoms with E-state index in [4.69, 9.17) is 21.1 Å². The Hall–Kier alpha value is -2.93. The Morgan fingerprint density at radius 1 is 1.31 bits per heavy atom. The summed E-state index contributed by atoms with van der Waals surface area (Å²) in [4.78, 5) is 28.6. The minimum absolute atomic E-state index is 0.106. The van der Waals surface area contributed by atoms with E-state index in [-0.39, 0.29) is 28.5 Å². The highest BCUT2D eigenvalue weighted by molar-refractivity contribution is 6.29. The van der Waals surface area contributed by atoms with Crippen LogP contribution in [-0.2, 0) is 4.74 Å². The van der Waals surface area contributed by atoms with Gasteiger partial charge in [-0.2, -0.15) is 0 Å². The summed E-state index contributed by atoms with van der Waals surface area (Å²) in [6.07, 6.45) is 0.312. The first-order chi connectivity index (χ1) is 12.4. The summed E-state index contributed by atoms with van der Waals surface area (Å²) in [5.41, 5.74) is 0.824. The molecule has 2 aromatic heterocycles.